The van der Waals surface area contributed by atoms with Crippen molar-refractivity contribution in [2.75, 3.05) is 0 Å². The molecular weight excluding hydrogens is 482 g/mol. The summed E-state index contributed by atoms with van der Waals surface area (Å²) in [5.74, 6) is 1.34. The van der Waals surface area contributed by atoms with Crippen LogP contribution in [-0.2, 0) is 11.2 Å². The number of rotatable bonds is 17. The van der Waals surface area contributed by atoms with Crippen LogP contribution in [0.2, 0.25) is 0 Å². The summed E-state index contributed by atoms with van der Waals surface area (Å²) in [7, 11) is 0. The molecule has 1 aliphatic carbocycles. The van der Waals surface area contributed by atoms with E-state index in [1.807, 2.05) is 24.5 Å². The molecule has 0 unspecified atom stereocenters. The van der Waals surface area contributed by atoms with Crippen molar-refractivity contribution in [2.45, 2.75) is 129 Å². The highest BCUT2D eigenvalue weighted by molar-refractivity contribution is 5.82. The standard InChI is InChI=1S/C34H49N3O2/c1-3-5-7-9-10-12-14-16-29-25-36-32(37-26-29)30-17-19-31(20-18-30)39-33(38)34(27-35)23-21-28(22-24-34)15-13-11-8-6-4-2/h17-20,25-26,28H,3-16,21-24H2,1-2H3/t28-,34+. The Morgan fingerprint density at radius 3 is 2.03 bits per heavy atom. The van der Waals surface area contributed by atoms with Gasteiger partial charge >= 0.3 is 5.97 Å². The van der Waals surface area contributed by atoms with Crippen molar-refractivity contribution in [3.8, 4) is 23.2 Å². The average molecular weight is 532 g/mol. The van der Waals surface area contributed by atoms with Gasteiger partial charge in [0.2, 0.25) is 0 Å². The van der Waals surface area contributed by atoms with E-state index in [1.54, 1.807) is 12.1 Å². The Labute approximate surface area is 236 Å². The van der Waals surface area contributed by atoms with E-state index in [0.29, 0.717) is 30.3 Å². The van der Waals surface area contributed by atoms with Crippen molar-refractivity contribution in [1.29, 1.82) is 5.26 Å². The molecule has 212 valence electrons. The van der Waals surface area contributed by atoms with Crippen molar-refractivity contribution in [3.63, 3.8) is 0 Å². The molecule has 3 rings (SSSR count). The van der Waals surface area contributed by atoms with E-state index in [2.05, 4.69) is 29.9 Å². The molecule has 0 bridgehead atoms. The summed E-state index contributed by atoms with van der Waals surface area (Å²) in [5, 5.41) is 9.91. The fraction of sp³-hybridized carbons (Fsp3) is 0.647. The molecule has 0 amide bonds. The Hall–Kier alpha value is -2.74. The van der Waals surface area contributed by atoms with Gasteiger partial charge in [-0.25, -0.2) is 14.8 Å². The second-order valence-corrected chi connectivity index (χ2v) is 11.5. The molecule has 2 aromatic rings. The average Bonchev–Trinajstić information content (AvgIpc) is 2.98. The van der Waals surface area contributed by atoms with Crippen LogP contribution < -0.4 is 4.74 Å². The number of benzene rings is 1. The summed E-state index contributed by atoms with van der Waals surface area (Å²) in [5.41, 5.74) is 1.03. The number of aryl methyl sites for hydroxylation is 1. The topological polar surface area (TPSA) is 75.9 Å². The molecule has 0 radical (unpaired) electrons. The molecule has 1 heterocycles. The lowest BCUT2D eigenvalue weighted by atomic mass is 9.70. The van der Waals surface area contributed by atoms with Gasteiger partial charge in [0, 0.05) is 18.0 Å². The lowest BCUT2D eigenvalue weighted by Gasteiger charge is -2.33. The van der Waals surface area contributed by atoms with E-state index in [9.17, 15) is 10.1 Å². The fourth-order valence-corrected chi connectivity index (χ4v) is 5.65. The molecule has 0 aliphatic heterocycles. The Morgan fingerprint density at radius 2 is 1.44 bits per heavy atom. The predicted octanol–water partition coefficient (Wildman–Crippen LogP) is 9.40. The van der Waals surface area contributed by atoms with Crippen molar-refractivity contribution in [3.05, 3.63) is 42.2 Å². The first-order valence-corrected chi connectivity index (χ1v) is 15.6. The van der Waals surface area contributed by atoms with Crippen molar-refractivity contribution in [2.24, 2.45) is 11.3 Å². The smallest absolute Gasteiger partial charge is 0.331 e. The molecule has 1 saturated carbocycles. The van der Waals surface area contributed by atoms with E-state index in [0.717, 1.165) is 24.8 Å². The van der Waals surface area contributed by atoms with Gasteiger partial charge in [-0.05, 0) is 74.3 Å². The van der Waals surface area contributed by atoms with Crippen LogP contribution in [0.15, 0.2) is 36.7 Å². The summed E-state index contributed by atoms with van der Waals surface area (Å²) < 4.78 is 5.70. The lowest BCUT2D eigenvalue weighted by Crippen LogP contribution is -2.37. The number of unbranched alkanes of at least 4 members (excludes halogenated alkanes) is 10. The minimum atomic E-state index is -1.02. The van der Waals surface area contributed by atoms with Crippen LogP contribution >= 0.6 is 0 Å². The lowest BCUT2D eigenvalue weighted by molar-refractivity contribution is -0.144. The maximum Gasteiger partial charge on any atom is 0.331 e. The second-order valence-electron chi connectivity index (χ2n) is 11.5. The summed E-state index contributed by atoms with van der Waals surface area (Å²) in [6.45, 7) is 4.49. The molecule has 0 atom stereocenters. The summed E-state index contributed by atoms with van der Waals surface area (Å²) >= 11 is 0. The van der Waals surface area contributed by atoms with E-state index in [1.165, 1.54) is 89.0 Å². The summed E-state index contributed by atoms with van der Waals surface area (Å²) in [4.78, 5) is 22.2. The maximum absolute atomic E-state index is 13.1. The van der Waals surface area contributed by atoms with Crippen molar-refractivity contribution >= 4 is 5.97 Å². The third-order valence-electron chi connectivity index (χ3n) is 8.38. The number of carbonyl (C=O) groups excluding carboxylic acids is 1. The molecule has 5 heteroatoms. The third-order valence-corrected chi connectivity index (χ3v) is 8.38. The number of hydrogen-bond donors (Lipinski definition) is 0. The quantitative estimate of drug-likeness (QED) is 0.115. The number of esters is 1. The molecule has 1 fully saturated rings. The Balaban J connectivity index is 1.44. The van der Waals surface area contributed by atoms with E-state index >= 15 is 0 Å². The first-order valence-electron chi connectivity index (χ1n) is 15.6. The van der Waals surface area contributed by atoms with Crippen LogP contribution in [0.5, 0.6) is 5.75 Å². The number of nitrogens with zero attached hydrogens (tertiary/aromatic N) is 3. The molecule has 5 nitrogen and oxygen atoms in total. The van der Waals surface area contributed by atoms with Crippen molar-refractivity contribution in [1.82, 2.24) is 9.97 Å². The minimum absolute atomic E-state index is 0.412. The van der Waals surface area contributed by atoms with E-state index < -0.39 is 11.4 Å². The van der Waals surface area contributed by atoms with Gasteiger partial charge in [-0.1, -0.05) is 90.9 Å². The van der Waals surface area contributed by atoms with E-state index in [4.69, 9.17) is 4.74 Å². The number of hydrogen-bond acceptors (Lipinski definition) is 5. The minimum Gasteiger partial charge on any atom is -0.425 e. The van der Waals surface area contributed by atoms with Gasteiger partial charge in [-0.3, -0.25) is 0 Å². The van der Waals surface area contributed by atoms with Gasteiger partial charge in [0.15, 0.2) is 11.2 Å². The molecule has 0 saturated heterocycles. The van der Waals surface area contributed by atoms with Crippen LogP contribution in [0.25, 0.3) is 11.4 Å². The van der Waals surface area contributed by atoms with Gasteiger partial charge < -0.3 is 4.74 Å². The van der Waals surface area contributed by atoms with Gasteiger partial charge in [0.25, 0.3) is 0 Å². The number of ether oxygens (including phenoxy) is 1. The van der Waals surface area contributed by atoms with Gasteiger partial charge in [-0.2, -0.15) is 5.26 Å². The highest BCUT2D eigenvalue weighted by atomic mass is 16.5. The summed E-state index contributed by atoms with van der Waals surface area (Å²) in [6, 6.07) is 9.62. The van der Waals surface area contributed by atoms with Crippen LogP contribution in [0.4, 0.5) is 0 Å². The molecule has 1 aliphatic rings. The highest BCUT2D eigenvalue weighted by Crippen LogP contribution is 2.41. The van der Waals surface area contributed by atoms with Crippen LogP contribution in [0.3, 0.4) is 0 Å². The van der Waals surface area contributed by atoms with Crippen molar-refractivity contribution < 1.29 is 9.53 Å². The SMILES string of the molecule is CCCCCCCCCc1cnc(-c2ccc(OC(=O)[C@]3(C#N)CC[C@H](CCCCCCC)CC3)cc2)nc1. The maximum atomic E-state index is 13.1. The largest absolute Gasteiger partial charge is 0.425 e. The first-order chi connectivity index (χ1) is 19.1. The molecule has 0 N–H and O–H groups in total. The normalized spacial score (nSPS) is 18.9. The molecule has 1 aromatic heterocycles. The number of nitriles is 1. The Bertz CT molecular complexity index is 1000. The van der Waals surface area contributed by atoms with Crippen LogP contribution in [0, 0.1) is 22.7 Å². The number of aromatic nitrogens is 2. The monoisotopic (exact) mass is 531 g/mol. The Morgan fingerprint density at radius 1 is 0.872 bits per heavy atom. The zero-order chi connectivity index (χ0) is 27.8. The van der Waals surface area contributed by atoms with Crippen LogP contribution in [0.1, 0.15) is 129 Å². The number of carbonyl (C=O) groups is 1. The first kappa shape index (κ1) is 30.8. The van der Waals surface area contributed by atoms with Gasteiger partial charge in [0.05, 0.1) is 6.07 Å². The summed E-state index contributed by atoms with van der Waals surface area (Å²) in [6.07, 6.45) is 24.6. The van der Waals surface area contributed by atoms with Gasteiger partial charge in [0.1, 0.15) is 5.75 Å². The Kier molecular flexibility index (Phi) is 13.5. The molecular formula is C34H49N3O2. The third kappa shape index (κ3) is 10.1. The van der Waals surface area contributed by atoms with E-state index in [-0.39, 0.29) is 0 Å². The highest BCUT2D eigenvalue weighted by Gasteiger charge is 2.43. The molecule has 39 heavy (non-hydrogen) atoms. The van der Waals surface area contributed by atoms with Crippen LogP contribution in [-0.4, -0.2) is 15.9 Å². The predicted molar refractivity (Wildman–Crippen MR) is 158 cm³/mol. The van der Waals surface area contributed by atoms with Gasteiger partial charge in [-0.15, -0.1) is 0 Å². The zero-order valence-electron chi connectivity index (χ0n) is 24.4. The fourth-order valence-electron chi connectivity index (χ4n) is 5.65. The molecule has 1 aromatic carbocycles. The molecule has 0 spiro atoms. The second kappa shape index (κ2) is 17.1. The zero-order valence-corrected chi connectivity index (χ0v) is 24.4.